The van der Waals surface area contributed by atoms with Crippen LogP contribution in [0.15, 0.2) is 72.2 Å². The topological polar surface area (TPSA) is 42.7 Å². The van der Waals surface area contributed by atoms with Gasteiger partial charge in [-0.25, -0.2) is 4.68 Å². The van der Waals surface area contributed by atoms with Crippen LogP contribution in [-0.2, 0) is 0 Å². The normalized spacial score (nSPS) is 21.3. The molecule has 2 unspecified atom stereocenters. The number of benzene rings is 2. The largest absolute Gasteiger partial charge is 0.328 e. The van der Waals surface area contributed by atoms with Crippen LogP contribution in [0.1, 0.15) is 51.6 Å². The lowest BCUT2D eigenvalue weighted by Gasteiger charge is -2.42. The van der Waals surface area contributed by atoms with Gasteiger partial charge >= 0.3 is 0 Å². The molecule has 1 aliphatic heterocycles. The molecule has 0 saturated heterocycles. The number of nitrogens with zero attached hydrogens (tertiary/aromatic N) is 3. The first-order valence-electron chi connectivity index (χ1n) is 10.6. The van der Waals surface area contributed by atoms with E-state index in [1.165, 1.54) is 40.8 Å². The van der Waals surface area contributed by atoms with Crippen molar-refractivity contribution in [2.75, 3.05) is 5.32 Å². The third kappa shape index (κ3) is 3.17. The van der Waals surface area contributed by atoms with Gasteiger partial charge in [-0.2, -0.15) is 10.1 Å². The fourth-order valence-electron chi connectivity index (χ4n) is 4.94. The maximum absolute atomic E-state index is 4.58. The van der Waals surface area contributed by atoms with E-state index in [9.17, 15) is 0 Å². The van der Waals surface area contributed by atoms with E-state index >= 15 is 0 Å². The molecule has 5 rings (SSSR count). The molecule has 2 atom stereocenters. The minimum Gasteiger partial charge on any atom is -0.328 e. The molecule has 0 radical (unpaired) electrons. The highest BCUT2D eigenvalue weighted by Crippen LogP contribution is 2.48. The summed E-state index contributed by atoms with van der Waals surface area (Å²) in [5, 5.41) is 8.22. The molecule has 0 bridgehead atoms. The minimum atomic E-state index is 0.124. The monoisotopic (exact) mass is 384 g/mol. The second kappa shape index (κ2) is 6.87. The molecule has 3 aromatic rings. The molecule has 0 saturated carbocycles. The Kier molecular flexibility index (Phi) is 4.30. The van der Waals surface area contributed by atoms with Gasteiger partial charge in [-0.3, -0.25) is 0 Å². The maximum atomic E-state index is 4.58. The van der Waals surface area contributed by atoms with Gasteiger partial charge in [0, 0.05) is 11.6 Å². The number of rotatable bonds is 2. The second-order valence-electron chi connectivity index (χ2n) is 9.29. The molecule has 148 valence electrons. The van der Waals surface area contributed by atoms with Crippen molar-refractivity contribution in [1.82, 2.24) is 14.8 Å². The Morgan fingerprint density at radius 2 is 1.69 bits per heavy atom. The summed E-state index contributed by atoms with van der Waals surface area (Å²) in [5.41, 5.74) is 6.84. The number of hydrogen-bond donors (Lipinski definition) is 1. The minimum absolute atomic E-state index is 0.124. The van der Waals surface area contributed by atoms with Crippen molar-refractivity contribution < 1.29 is 0 Å². The van der Waals surface area contributed by atoms with E-state index in [0.717, 1.165) is 12.4 Å². The predicted octanol–water partition coefficient (Wildman–Crippen LogP) is 6.06. The van der Waals surface area contributed by atoms with Crippen LogP contribution in [0.2, 0.25) is 0 Å². The fourth-order valence-corrected chi connectivity index (χ4v) is 4.94. The van der Waals surface area contributed by atoms with Crippen LogP contribution in [-0.4, -0.2) is 14.8 Å². The Bertz CT molecular complexity index is 1040. The molecular formula is C25H28N4. The molecule has 1 aromatic heterocycles. The summed E-state index contributed by atoms with van der Waals surface area (Å²) in [6, 6.07) is 19.6. The van der Waals surface area contributed by atoms with Gasteiger partial charge in [0.15, 0.2) is 0 Å². The average molecular weight is 385 g/mol. The van der Waals surface area contributed by atoms with Gasteiger partial charge < -0.3 is 5.32 Å². The lowest BCUT2D eigenvalue weighted by molar-refractivity contribution is 0.244. The molecule has 0 fully saturated rings. The molecular weight excluding hydrogens is 356 g/mol. The second-order valence-corrected chi connectivity index (χ2v) is 9.29. The van der Waals surface area contributed by atoms with Gasteiger partial charge in [-0.05, 0) is 46.9 Å². The smallest absolute Gasteiger partial charge is 0.226 e. The zero-order valence-corrected chi connectivity index (χ0v) is 17.4. The van der Waals surface area contributed by atoms with Gasteiger partial charge in [0.2, 0.25) is 5.95 Å². The van der Waals surface area contributed by atoms with Crippen molar-refractivity contribution in [3.05, 3.63) is 77.8 Å². The summed E-state index contributed by atoms with van der Waals surface area (Å²) >= 11 is 0. The van der Waals surface area contributed by atoms with E-state index < -0.39 is 0 Å². The summed E-state index contributed by atoms with van der Waals surface area (Å²) < 4.78 is 2.06. The first kappa shape index (κ1) is 18.2. The first-order valence-corrected chi connectivity index (χ1v) is 10.6. The molecule has 2 heterocycles. The maximum Gasteiger partial charge on any atom is 0.226 e. The van der Waals surface area contributed by atoms with Crippen LogP contribution in [0.25, 0.3) is 11.1 Å². The Morgan fingerprint density at radius 1 is 0.966 bits per heavy atom. The molecule has 2 aromatic carbocycles. The molecule has 0 spiro atoms. The summed E-state index contributed by atoms with van der Waals surface area (Å²) in [4.78, 5) is 4.51. The van der Waals surface area contributed by atoms with Gasteiger partial charge in [-0.1, -0.05) is 75.4 Å². The molecule has 4 nitrogen and oxygen atoms in total. The Hall–Kier alpha value is -2.88. The van der Waals surface area contributed by atoms with Crippen LogP contribution >= 0.6 is 0 Å². The van der Waals surface area contributed by atoms with Crippen molar-refractivity contribution in [2.24, 2.45) is 11.3 Å². The number of nitrogens with one attached hydrogen (secondary N) is 1. The standard InChI is InChI=1S/C25H28N4/c1-25(2,3)21-11-7-10-20-22(21)28-24-26-16-27-29(24)23(20)19-14-12-18(13-15-19)17-8-5-4-6-9-17/h4-6,8-9,12-16,21,23H,7,10-11H2,1-3H3,(H,26,27,28). The fraction of sp³-hybridized carbons (Fsp3) is 0.360. The van der Waals surface area contributed by atoms with Gasteiger partial charge in [0.05, 0.1) is 0 Å². The molecule has 1 aliphatic carbocycles. The van der Waals surface area contributed by atoms with Crippen molar-refractivity contribution in [3.8, 4) is 11.1 Å². The van der Waals surface area contributed by atoms with Crippen LogP contribution in [0.4, 0.5) is 5.95 Å². The molecule has 29 heavy (non-hydrogen) atoms. The van der Waals surface area contributed by atoms with Gasteiger partial charge in [-0.15, -0.1) is 0 Å². The highest BCUT2D eigenvalue weighted by atomic mass is 15.4. The average Bonchev–Trinajstić information content (AvgIpc) is 3.20. The summed E-state index contributed by atoms with van der Waals surface area (Å²) in [7, 11) is 0. The third-order valence-corrected chi connectivity index (χ3v) is 6.41. The highest BCUT2D eigenvalue weighted by Gasteiger charge is 2.39. The van der Waals surface area contributed by atoms with Crippen LogP contribution in [0, 0.1) is 11.3 Å². The number of aromatic nitrogens is 3. The number of anilines is 1. The summed E-state index contributed by atoms with van der Waals surface area (Å²) in [6.07, 6.45) is 5.23. The van der Waals surface area contributed by atoms with E-state index in [1.807, 2.05) is 0 Å². The van der Waals surface area contributed by atoms with E-state index in [1.54, 1.807) is 6.33 Å². The zero-order valence-electron chi connectivity index (χ0n) is 17.4. The number of allylic oxidation sites excluding steroid dienone is 2. The van der Waals surface area contributed by atoms with E-state index in [-0.39, 0.29) is 11.5 Å². The Morgan fingerprint density at radius 3 is 2.41 bits per heavy atom. The number of hydrogen-bond acceptors (Lipinski definition) is 3. The van der Waals surface area contributed by atoms with Crippen molar-refractivity contribution in [2.45, 2.75) is 46.1 Å². The Balaban J connectivity index is 1.59. The van der Waals surface area contributed by atoms with Crippen LogP contribution in [0.3, 0.4) is 0 Å². The number of fused-ring (bicyclic) bond motifs is 1. The summed E-state index contributed by atoms with van der Waals surface area (Å²) in [5.74, 6) is 1.37. The van der Waals surface area contributed by atoms with E-state index in [4.69, 9.17) is 0 Å². The highest BCUT2D eigenvalue weighted by molar-refractivity contribution is 5.64. The predicted molar refractivity (Wildman–Crippen MR) is 117 cm³/mol. The quantitative estimate of drug-likeness (QED) is 0.584. The van der Waals surface area contributed by atoms with Gasteiger partial charge in [0.1, 0.15) is 12.4 Å². The van der Waals surface area contributed by atoms with E-state index in [0.29, 0.717) is 5.92 Å². The third-order valence-electron chi connectivity index (χ3n) is 6.41. The zero-order chi connectivity index (χ0) is 20.0. The van der Waals surface area contributed by atoms with Crippen LogP contribution < -0.4 is 5.32 Å². The molecule has 2 aliphatic rings. The molecule has 1 N–H and O–H groups in total. The first-order chi connectivity index (χ1) is 14.0. The van der Waals surface area contributed by atoms with E-state index in [2.05, 4.69) is 95.4 Å². The molecule has 0 amide bonds. The lowest BCUT2D eigenvalue weighted by Crippen LogP contribution is -2.35. The van der Waals surface area contributed by atoms with Crippen LogP contribution in [0.5, 0.6) is 0 Å². The van der Waals surface area contributed by atoms with Crippen molar-refractivity contribution >= 4 is 5.95 Å². The lowest BCUT2D eigenvalue weighted by atomic mass is 9.70. The van der Waals surface area contributed by atoms with Crippen molar-refractivity contribution in [1.29, 1.82) is 0 Å². The SMILES string of the molecule is CC(C)(C)C1CCCC2=C1Nc1ncnn1C2c1ccc(-c2ccccc2)cc1. The van der Waals surface area contributed by atoms with Crippen molar-refractivity contribution in [3.63, 3.8) is 0 Å². The van der Waals surface area contributed by atoms with Gasteiger partial charge in [0.25, 0.3) is 0 Å². The summed E-state index contributed by atoms with van der Waals surface area (Å²) in [6.45, 7) is 7.04. The Labute approximate surface area is 172 Å². The molecule has 4 heteroatoms.